The van der Waals surface area contributed by atoms with Gasteiger partial charge >= 0.3 is 5.97 Å². The lowest BCUT2D eigenvalue weighted by Gasteiger charge is -2.23. The van der Waals surface area contributed by atoms with Crippen LogP contribution in [0.5, 0.6) is 0 Å². The van der Waals surface area contributed by atoms with Gasteiger partial charge < -0.3 is 20.4 Å². The first-order chi connectivity index (χ1) is 13.8. The topological polar surface area (TPSA) is 98.0 Å². The Morgan fingerprint density at radius 2 is 1.93 bits per heavy atom. The molecule has 0 bridgehead atoms. The number of hydrogen-bond acceptors (Lipinski definition) is 5. The van der Waals surface area contributed by atoms with Gasteiger partial charge in [-0.15, -0.1) is 11.3 Å². The molecule has 4 N–H and O–H groups in total. The minimum absolute atomic E-state index is 0.0435. The Labute approximate surface area is 186 Å². The molecule has 0 saturated heterocycles. The molecule has 0 aliphatic heterocycles. The van der Waals surface area contributed by atoms with Gasteiger partial charge in [0.25, 0.3) is 0 Å². The number of allylic oxidation sites excluding steroid dienone is 2. The second-order valence-corrected chi connectivity index (χ2v) is 10.1. The molecule has 1 aromatic rings. The molecule has 29 heavy (non-hydrogen) atoms. The number of halogens is 2. The molecule has 1 aliphatic rings. The van der Waals surface area contributed by atoms with E-state index in [0.29, 0.717) is 60.0 Å². The van der Waals surface area contributed by atoms with Gasteiger partial charge in [0, 0.05) is 6.42 Å². The molecule has 1 fully saturated rings. The van der Waals surface area contributed by atoms with Crippen LogP contribution in [0, 0.1) is 11.8 Å². The summed E-state index contributed by atoms with van der Waals surface area (Å²) >= 11 is 13.4. The Kier molecular flexibility index (Phi) is 10.4. The lowest BCUT2D eigenvalue weighted by Crippen LogP contribution is -2.23. The minimum atomic E-state index is -0.796. The fourth-order valence-corrected chi connectivity index (χ4v) is 5.59. The molecular formula is C21H30Cl2O5S. The van der Waals surface area contributed by atoms with Crippen LogP contribution in [-0.2, 0) is 11.2 Å². The molecule has 8 heteroatoms. The Bertz CT molecular complexity index is 678. The van der Waals surface area contributed by atoms with Crippen molar-refractivity contribution in [2.75, 3.05) is 0 Å². The summed E-state index contributed by atoms with van der Waals surface area (Å²) in [6.45, 7) is 0. The zero-order valence-corrected chi connectivity index (χ0v) is 18.7. The molecule has 0 radical (unpaired) electrons. The van der Waals surface area contributed by atoms with Gasteiger partial charge in [0.15, 0.2) is 0 Å². The largest absolute Gasteiger partial charge is 0.481 e. The van der Waals surface area contributed by atoms with Gasteiger partial charge in [-0.05, 0) is 74.8 Å². The monoisotopic (exact) mass is 464 g/mol. The zero-order chi connectivity index (χ0) is 21.4. The first-order valence-electron chi connectivity index (χ1n) is 10.1. The summed E-state index contributed by atoms with van der Waals surface area (Å²) in [4.78, 5) is 10.5. The fraction of sp³-hybridized carbons (Fsp3) is 0.667. The Balaban J connectivity index is 1.76. The Hall–Kier alpha value is -0.630. The number of aliphatic hydroxyl groups excluding tert-OH is 3. The van der Waals surface area contributed by atoms with E-state index in [2.05, 4.69) is 0 Å². The third-order valence-corrected chi connectivity index (χ3v) is 7.23. The van der Waals surface area contributed by atoms with Crippen molar-refractivity contribution in [1.82, 2.24) is 0 Å². The Morgan fingerprint density at radius 3 is 2.59 bits per heavy atom. The van der Waals surface area contributed by atoms with E-state index < -0.39 is 24.3 Å². The van der Waals surface area contributed by atoms with E-state index in [1.807, 2.05) is 18.2 Å². The maximum absolute atomic E-state index is 10.5. The molecule has 0 amide bonds. The van der Waals surface area contributed by atoms with Gasteiger partial charge in [0.2, 0.25) is 0 Å². The van der Waals surface area contributed by atoms with Crippen LogP contribution in [0.1, 0.15) is 56.9 Å². The van der Waals surface area contributed by atoms with Crippen LogP contribution in [-0.4, -0.2) is 44.7 Å². The maximum atomic E-state index is 10.5. The van der Waals surface area contributed by atoms with E-state index in [9.17, 15) is 20.1 Å². The quantitative estimate of drug-likeness (QED) is 0.265. The predicted octanol–water partition coefficient (Wildman–Crippen LogP) is 4.69. The van der Waals surface area contributed by atoms with Crippen LogP contribution < -0.4 is 0 Å². The van der Waals surface area contributed by atoms with Crippen molar-refractivity contribution in [3.8, 4) is 0 Å². The fourth-order valence-electron chi connectivity index (χ4n) is 4.04. The van der Waals surface area contributed by atoms with Gasteiger partial charge in [0.1, 0.15) is 0 Å². The average molecular weight is 465 g/mol. The number of hydrogen-bond donors (Lipinski definition) is 4. The summed E-state index contributed by atoms with van der Waals surface area (Å²) in [7, 11) is 0. The molecule has 0 spiro atoms. The number of rotatable bonds is 12. The third-order valence-electron chi connectivity index (χ3n) is 5.67. The number of carboxylic acid groups (broad SMARTS) is 1. The van der Waals surface area contributed by atoms with Gasteiger partial charge in [-0.1, -0.05) is 35.4 Å². The van der Waals surface area contributed by atoms with E-state index in [-0.39, 0.29) is 18.3 Å². The molecule has 0 aromatic carbocycles. The van der Waals surface area contributed by atoms with Crippen LogP contribution in [0.4, 0.5) is 0 Å². The van der Waals surface area contributed by atoms with Crippen LogP contribution in [0.3, 0.4) is 0 Å². The highest BCUT2D eigenvalue weighted by Gasteiger charge is 2.40. The van der Waals surface area contributed by atoms with Crippen molar-refractivity contribution in [3.63, 3.8) is 0 Å². The standard InChI is InChI=1S/C21H30Cl2O5S/c22-19-11-13(21(23)29-19)7-8-14(24)9-10-16-15(17(25)12-18(16)26)5-3-1-2-4-6-20(27)28/h1,3,11,14-18,24-26H,2,4-10,12H2,(H,27,28)/t14?,15-,16-,17?,18?/m1/s1. The number of unbranched alkanes of at least 4 members (excludes halogenated alkanes) is 1. The van der Waals surface area contributed by atoms with Crippen LogP contribution in [0.2, 0.25) is 8.67 Å². The smallest absolute Gasteiger partial charge is 0.303 e. The molecule has 1 saturated carbocycles. The second kappa shape index (κ2) is 12.3. The molecule has 1 heterocycles. The lowest BCUT2D eigenvalue weighted by atomic mass is 9.85. The molecule has 3 unspecified atom stereocenters. The highest BCUT2D eigenvalue weighted by atomic mass is 35.5. The Morgan fingerprint density at radius 1 is 1.21 bits per heavy atom. The van der Waals surface area contributed by atoms with Crippen LogP contribution in [0.15, 0.2) is 18.2 Å². The van der Waals surface area contributed by atoms with E-state index in [1.165, 1.54) is 11.3 Å². The SMILES string of the molecule is O=C(O)CCCC=CC[C@H]1C(O)CC(O)[C@@H]1CCC(O)CCc1cc(Cl)sc1Cl. The van der Waals surface area contributed by atoms with Crippen molar-refractivity contribution in [3.05, 3.63) is 32.5 Å². The molecule has 1 aliphatic carbocycles. The van der Waals surface area contributed by atoms with Crippen molar-refractivity contribution >= 4 is 40.5 Å². The number of thiophene rings is 1. The van der Waals surface area contributed by atoms with Gasteiger partial charge in [-0.25, -0.2) is 0 Å². The maximum Gasteiger partial charge on any atom is 0.303 e. The molecule has 1 aromatic heterocycles. The third kappa shape index (κ3) is 8.19. The first-order valence-corrected chi connectivity index (χ1v) is 11.7. The summed E-state index contributed by atoms with van der Waals surface area (Å²) in [5.41, 5.74) is 0.947. The van der Waals surface area contributed by atoms with Crippen molar-refractivity contribution < 1.29 is 25.2 Å². The van der Waals surface area contributed by atoms with E-state index in [1.54, 1.807) is 0 Å². The normalized spacial score (nSPS) is 25.7. The zero-order valence-electron chi connectivity index (χ0n) is 16.3. The predicted molar refractivity (Wildman–Crippen MR) is 117 cm³/mol. The lowest BCUT2D eigenvalue weighted by molar-refractivity contribution is -0.137. The number of aryl methyl sites for hydroxylation is 1. The number of aliphatic carboxylic acids is 1. The highest BCUT2D eigenvalue weighted by molar-refractivity contribution is 7.20. The van der Waals surface area contributed by atoms with Crippen LogP contribution >= 0.6 is 34.5 Å². The summed E-state index contributed by atoms with van der Waals surface area (Å²) in [5, 5.41) is 39.6. The highest BCUT2D eigenvalue weighted by Crippen LogP contribution is 2.39. The van der Waals surface area contributed by atoms with Crippen LogP contribution in [0.25, 0.3) is 0 Å². The van der Waals surface area contributed by atoms with E-state index in [0.717, 1.165) is 5.56 Å². The average Bonchev–Trinajstić information content (AvgIpc) is 3.11. The second-order valence-electron chi connectivity index (χ2n) is 7.81. The summed E-state index contributed by atoms with van der Waals surface area (Å²) in [5.74, 6) is -0.892. The van der Waals surface area contributed by atoms with Crippen molar-refractivity contribution in [1.29, 1.82) is 0 Å². The number of carboxylic acids is 1. The van der Waals surface area contributed by atoms with Crippen molar-refractivity contribution in [2.24, 2.45) is 11.8 Å². The molecular weight excluding hydrogens is 435 g/mol. The first kappa shape index (κ1) is 24.6. The summed E-state index contributed by atoms with van der Waals surface area (Å²) in [6, 6.07) is 1.83. The van der Waals surface area contributed by atoms with E-state index >= 15 is 0 Å². The number of aliphatic hydroxyl groups is 3. The van der Waals surface area contributed by atoms with Crippen molar-refractivity contribution in [2.45, 2.75) is 76.1 Å². The summed E-state index contributed by atoms with van der Waals surface area (Å²) < 4.78 is 1.30. The molecule has 2 rings (SSSR count). The summed E-state index contributed by atoms with van der Waals surface area (Å²) in [6.07, 6.45) is 7.19. The number of carbonyl (C=O) groups is 1. The molecule has 164 valence electrons. The van der Waals surface area contributed by atoms with E-state index in [4.69, 9.17) is 28.3 Å². The van der Waals surface area contributed by atoms with Gasteiger partial charge in [-0.3, -0.25) is 4.79 Å². The molecule has 5 nitrogen and oxygen atoms in total. The minimum Gasteiger partial charge on any atom is -0.481 e. The molecule has 5 atom stereocenters. The van der Waals surface area contributed by atoms with Gasteiger partial charge in [0.05, 0.1) is 27.0 Å². The van der Waals surface area contributed by atoms with Gasteiger partial charge in [-0.2, -0.15) is 0 Å².